The molecule has 5 aromatic carbocycles. The lowest BCUT2D eigenvalue weighted by Crippen LogP contribution is -1.95. The molecule has 0 radical (unpaired) electrons. The Hall–Kier alpha value is -3.16. The Kier molecular flexibility index (Phi) is 2.96. The number of halogens is 1. The standard InChI is InChI=1S/C30H17Br/c31-25-13-12-22-27-20(25)10-5-11-21(27)30-28-19-9-4-2-7-17(19)15-23(28)26-18-8-3-1-6-16(18)14-24(26)29(22)30/h1-13H,14-15H2. The van der Waals surface area contributed by atoms with Crippen LogP contribution in [0.5, 0.6) is 0 Å². The molecular formula is C30H17Br. The van der Waals surface area contributed by atoms with Crippen LogP contribution in [0, 0.1) is 0 Å². The zero-order valence-electron chi connectivity index (χ0n) is 16.8. The van der Waals surface area contributed by atoms with E-state index in [2.05, 4.69) is 94.8 Å². The van der Waals surface area contributed by atoms with Crippen LogP contribution < -0.4 is 0 Å². The Morgan fingerprint density at radius 1 is 0.484 bits per heavy atom. The molecule has 0 bridgehead atoms. The summed E-state index contributed by atoms with van der Waals surface area (Å²) in [5.74, 6) is 0. The van der Waals surface area contributed by atoms with Crippen molar-refractivity contribution in [3.8, 4) is 44.5 Å². The molecule has 3 aliphatic carbocycles. The van der Waals surface area contributed by atoms with Crippen LogP contribution in [0.3, 0.4) is 0 Å². The van der Waals surface area contributed by atoms with Gasteiger partial charge in [0.15, 0.2) is 0 Å². The lowest BCUT2D eigenvalue weighted by molar-refractivity contribution is 1.24. The Bertz CT molecular complexity index is 1640. The van der Waals surface area contributed by atoms with Crippen molar-refractivity contribution in [2.75, 3.05) is 0 Å². The third-order valence-corrected chi connectivity index (χ3v) is 8.23. The van der Waals surface area contributed by atoms with Crippen molar-refractivity contribution in [3.63, 3.8) is 0 Å². The van der Waals surface area contributed by atoms with E-state index in [0.717, 1.165) is 12.8 Å². The first-order valence-corrected chi connectivity index (χ1v) is 11.7. The second-order valence-corrected chi connectivity index (χ2v) is 9.80. The largest absolute Gasteiger partial charge is 0.0619 e. The highest BCUT2D eigenvalue weighted by Crippen LogP contribution is 2.61. The summed E-state index contributed by atoms with van der Waals surface area (Å²) >= 11 is 3.81. The molecule has 0 unspecified atom stereocenters. The van der Waals surface area contributed by atoms with E-state index in [0.29, 0.717) is 0 Å². The molecule has 3 aliphatic rings. The fourth-order valence-electron chi connectivity index (χ4n) is 6.41. The van der Waals surface area contributed by atoms with Gasteiger partial charge in [-0.1, -0.05) is 88.7 Å². The summed E-state index contributed by atoms with van der Waals surface area (Å²) in [5, 5.41) is 2.72. The van der Waals surface area contributed by atoms with Crippen molar-refractivity contribution in [2.24, 2.45) is 0 Å². The topological polar surface area (TPSA) is 0 Å². The lowest BCUT2D eigenvalue weighted by atomic mass is 9.85. The minimum atomic E-state index is 1.03. The summed E-state index contributed by atoms with van der Waals surface area (Å²) < 4.78 is 1.18. The zero-order chi connectivity index (χ0) is 20.3. The smallest absolute Gasteiger partial charge is 0.0254 e. The van der Waals surface area contributed by atoms with E-state index in [1.807, 2.05) is 0 Å². The van der Waals surface area contributed by atoms with Gasteiger partial charge in [0.2, 0.25) is 0 Å². The van der Waals surface area contributed by atoms with Crippen molar-refractivity contribution in [3.05, 3.63) is 106 Å². The van der Waals surface area contributed by atoms with Crippen LogP contribution in [0.1, 0.15) is 22.3 Å². The molecule has 0 nitrogen and oxygen atoms in total. The van der Waals surface area contributed by atoms with E-state index in [1.165, 1.54) is 82.0 Å². The SMILES string of the molecule is Brc1ccc2c3c(cccc13)-c1c3c(c4c(c1-2)Cc1ccccc1-4)Cc1ccccc1-3. The molecule has 8 rings (SSSR count). The molecule has 0 saturated heterocycles. The van der Waals surface area contributed by atoms with Crippen LogP contribution in [0.4, 0.5) is 0 Å². The maximum atomic E-state index is 3.81. The summed E-state index contributed by atoms with van der Waals surface area (Å²) in [7, 11) is 0. The predicted molar refractivity (Wildman–Crippen MR) is 133 cm³/mol. The molecule has 0 aliphatic heterocycles. The van der Waals surface area contributed by atoms with Crippen LogP contribution in [0.2, 0.25) is 0 Å². The fraction of sp³-hybridized carbons (Fsp3) is 0.0667. The number of rotatable bonds is 0. The third-order valence-electron chi connectivity index (χ3n) is 7.54. The van der Waals surface area contributed by atoms with Crippen LogP contribution >= 0.6 is 15.9 Å². The van der Waals surface area contributed by atoms with Gasteiger partial charge in [0, 0.05) is 4.47 Å². The highest BCUT2D eigenvalue weighted by molar-refractivity contribution is 9.10. The first kappa shape index (κ1) is 16.5. The molecule has 0 spiro atoms. The van der Waals surface area contributed by atoms with Gasteiger partial charge in [0.1, 0.15) is 0 Å². The van der Waals surface area contributed by atoms with E-state index in [4.69, 9.17) is 0 Å². The maximum Gasteiger partial charge on any atom is 0.0254 e. The number of hydrogen-bond acceptors (Lipinski definition) is 0. The predicted octanol–water partition coefficient (Wildman–Crippen LogP) is 8.39. The molecule has 0 saturated carbocycles. The Morgan fingerprint density at radius 3 is 1.81 bits per heavy atom. The molecule has 1 heteroatoms. The quantitative estimate of drug-likeness (QED) is 0.215. The van der Waals surface area contributed by atoms with Crippen molar-refractivity contribution in [1.29, 1.82) is 0 Å². The van der Waals surface area contributed by atoms with Crippen LogP contribution in [0.15, 0.2) is 83.3 Å². The minimum Gasteiger partial charge on any atom is -0.0619 e. The van der Waals surface area contributed by atoms with Gasteiger partial charge >= 0.3 is 0 Å². The summed E-state index contributed by atoms with van der Waals surface area (Å²) in [4.78, 5) is 0. The highest BCUT2D eigenvalue weighted by atomic mass is 79.9. The molecular weight excluding hydrogens is 440 g/mol. The van der Waals surface area contributed by atoms with E-state index in [-0.39, 0.29) is 0 Å². The van der Waals surface area contributed by atoms with E-state index < -0.39 is 0 Å². The van der Waals surface area contributed by atoms with Gasteiger partial charge in [-0.15, -0.1) is 0 Å². The van der Waals surface area contributed by atoms with Crippen molar-refractivity contribution in [1.82, 2.24) is 0 Å². The Labute approximate surface area is 189 Å². The van der Waals surface area contributed by atoms with Gasteiger partial charge in [-0.2, -0.15) is 0 Å². The zero-order valence-corrected chi connectivity index (χ0v) is 18.4. The molecule has 0 heterocycles. The lowest BCUT2D eigenvalue weighted by Gasteiger charge is -2.17. The molecule has 31 heavy (non-hydrogen) atoms. The molecule has 0 fully saturated rings. The highest BCUT2D eigenvalue weighted by Gasteiger charge is 2.37. The van der Waals surface area contributed by atoms with Gasteiger partial charge in [-0.3, -0.25) is 0 Å². The number of benzene rings is 5. The summed E-state index contributed by atoms with van der Waals surface area (Å²) in [6, 6.07) is 29.4. The van der Waals surface area contributed by atoms with Crippen molar-refractivity contribution in [2.45, 2.75) is 12.8 Å². The first-order valence-electron chi connectivity index (χ1n) is 10.9. The molecule has 0 aromatic heterocycles. The minimum absolute atomic E-state index is 1.03. The Morgan fingerprint density at radius 2 is 1.06 bits per heavy atom. The molecule has 0 atom stereocenters. The average molecular weight is 457 g/mol. The summed E-state index contributed by atoms with van der Waals surface area (Å²) in [5.41, 5.74) is 17.6. The monoisotopic (exact) mass is 456 g/mol. The van der Waals surface area contributed by atoms with Crippen LogP contribution in [0.25, 0.3) is 55.3 Å². The van der Waals surface area contributed by atoms with Gasteiger partial charge in [-0.05, 0) is 96.4 Å². The van der Waals surface area contributed by atoms with Gasteiger partial charge in [0.05, 0.1) is 0 Å². The molecule has 144 valence electrons. The summed E-state index contributed by atoms with van der Waals surface area (Å²) in [6.07, 6.45) is 2.06. The van der Waals surface area contributed by atoms with Crippen molar-refractivity contribution >= 4 is 26.7 Å². The van der Waals surface area contributed by atoms with E-state index in [1.54, 1.807) is 0 Å². The molecule has 5 aromatic rings. The van der Waals surface area contributed by atoms with E-state index >= 15 is 0 Å². The van der Waals surface area contributed by atoms with Gasteiger partial charge < -0.3 is 0 Å². The second-order valence-electron chi connectivity index (χ2n) is 8.95. The van der Waals surface area contributed by atoms with Gasteiger partial charge in [0.25, 0.3) is 0 Å². The second kappa shape index (κ2) is 5.55. The molecule has 0 N–H and O–H groups in total. The van der Waals surface area contributed by atoms with Crippen LogP contribution in [-0.2, 0) is 12.8 Å². The van der Waals surface area contributed by atoms with Gasteiger partial charge in [-0.25, -0.2) is 0 Å². The van der Waals surface area contributed by atoms with E-state index in [9.17, 15) is 0 Å². The first-order chi connectivity index (χ1) is 15.3. The van der Waals surface area contributed by atoms with Crippen molar-refractivity contribution < 1.29 is 0 Å². The third kappa shape index (κ3) is 1.88. The maximum absolute atomic E-state index is 3.81. The number of fused-ring (bicyclic) bond motifs is 12. The molecule has 0 amide bonds. The Balaban J connectivity index is 1.62. The summed E-state index contributed by atoms with van der Waals surface area (Å²) in [6.45, 7) is 0. The normalized spacial score (nSPS) is 13.7. The average Bonchev–Trinajstić information content (AvgIpc) is 3.46. The fourth-order valence-corrected chi connectivity index (χ4v) is 6.87. The van der Waals surface area contributed by atoms with Crippen LogP contribution in [-0.4, -0.2) is 0 Å². The number of hydrogen-bond donors (Lipinski definition) is 0.